The van der Waals surface area contributed by atoms with Crippen molar-refractivity contribution in [2.24, 2.45) is 5.92 Å². The average molecular weight is 407 g/mol. The maximum absolute atomic E-state index is 13.2. The van der Waals surface area contributed by atoms with Gasteiger partial charge in [0, 0.05) is 13.1 Å². The first-order chi connectivity index (χ1) is 13.9. The molecular formula is C21H34N4O4. The number of likely N-dealkylation sites (N-methyl/N-ethyl adjacent to an activating group) is 1. The molecule has 3 unspecified atom stereocenters. The van der Waals surface area contributed by atoms with Gasteiger partial charge in [-0.1, -0.05) is 25.3 Å². The molecule has 3 atom stereocenters. The third-order valence-corrected chi connectivity index (χ3v) is 5.92. The normalized spacial score (nSPS) is 21.9. The van der Waals surface area contributed by atoms with Crippen LogP contribution in [-0.4, -0.2) is 66.7 Å². The van der Waals surface area contributed by atoms with Crippen LogP contribution in [0.25, 0.3) is 0 Å². The first-order valence-corrected chi connectivity index (χ1v) is 10.6. The third kappa shape index (κ3) is 5.88. The van der Waals surface area contributed by atoms with Gasteiger partial charge in [-0.3, -0.25) is 19.2 Å². The number of rotatable bonds is 9. The van der Waals surface area contributed by atoms with Gasteiger partial charge in [0.1, 0.15) is 6.04 Å². The van der Waals surface area contributed by atoms with Crippen LogP contribution in [-0.2, 0) is 19.2 Å². The summed E-state index contributed by atoms with van der Waals surface area (Å²) in [7, 11) is 1.80. The second kappa shape index (κ2) is 11.1. The molecule has 8 nitrogen and oxygen atoms in total. The second-order valence-corrected chi connectivity index (χ2v) is 7.95. The van der Waals surface area contributed by atoms with E-state index < -0.39 is 23.8 Å². The molecular weight excluding hydrogens is 372 g/mol. The minimum atomic E-state index is -0.955. The Bertz CT molecular complexity index is 630. The lowest BCUT2D eigenvalue weighted by molar-refractivity contribution is -0.143. The lowest BCUT2D eigenvalue weighted by Gasteiger charge is -2.34. The van der Waals surface area contributed by atoms with Crippen molar-refractivity contribution in [3.05, 3.63) is 12.7 Å². The van der Waals surface area contributed by atoms with E-state index in [0.29, 0.717) is 18.9 Å². The number of Topliss-reactive ketones (excluding diaryl/α,β-unsaturated/α-hetero) is 1. The van der Waals surface area contributed by atoms with Crippen molar-refractivity contribution in [1.29, 1.82) is 0 Å². The van der Waals surface area contributed by atoms with Gasteiger partial charge >= 0.3 is 0 Å². The average Bonchev–Trinajstić information content (AvgIpc) is 3.22. The van der Waals surface area contributed by atoms with Gasteiger partial charge in [-0.15, -0.1) is 6.58 Å². The van der Waals surface area contributed by atoms with E-state index in [1.807, 2.05) is 0 Å². The highest BCUT2D eigenvalue weighted by molar-refractivity contribution is 6.38. The highest BCUT2D eigenvalue weighted by Crippen LogP contribution is 2.29. The van der Waals surface area contributed by atoms with Crippen LogP contribution in [0, 0.1) is 5.92 Å². The van der Waals surface area contributed by atoms with Gasteiger partial charge in [0.15, 0.2) is 0 Å². The van der Waals surface area contributed by atoms with Gasteiger partial charge in [0.05, 0.1) is 12.1 Å². The van der Waals surface area contributed by atoms with Crippen LogP contribution in [0.1, 0.15) is 51.9 Å². The van der Waals surface area contributed by atoms with Crippen LogP contribution in [0.3, 0.4) is 0 Å². The predicted octanol–water partition coefficient (Wildman–Crippen LogP) is 0.522. The first kappa shape index (κ1) is 23.1. The van der Waals surface area contributed by atoms with Gasteiger partial charge in [0.2, 0.25) is 17.6 Å². The van der Waals surface area contributed by atoms with E-state index in [0.717, 1.165) is 32.1 Å². The molecule has 0 radical (unpaired) electrons. The topological polar surface area (TPSA) is 108 Å². The molecule has 2 fully saturated rings. The molecule has 1 saturated carbocycles. The molecule has 0 aromatic rings. The quantitative estimate of drug-likeness (QED) is 0.382. The minimum absolute atomic E-state index is 0.0419. The summed E-state index contributed by atoms with van der Waals surface area (Å²) in [5.74, 6) is -1.61. The summed E-state index contributed by atoms with van der Waals surface area (Å²) >= 11 is 0. The molecule has 0 spiro atoms. The number of amides is 3. The molecule has 3 amide bonds. The fourth-order valence-corrected chi connectivity index (χ4v) is 4.33. The first-order valence-electron chi connectivity index (χ1n) is 10.6. The highest BCUT2D eigenvalue weighted by Gasteiger charge is 2.40. The molecule has 1 aliphatic heterocycles. The zero-order chi connectivity index (χ0) is 21.4. The van der Waals surface area contributed by atoms with Crippen molar-refractivity contribution in [3.8, 4) is 0 Å². The van der Waals surface area contributed by atoms with E-state index in [1.54, 1.807) is 11.9 Å². The van der Waals surface area contributed by atoms with Crippen molar-refractivity contribution in [1.82, 2.24) is 20.9 Å². The van der Waals surface area contributed by atoms with E-state index in [4.69, 9.17) is 0 Å². The van der Waals surface area contributed by atoms with Crippen LogP contribution in [0.15, 0.2) is 12.7 Å². The van der Waals surface area contributed by atoms with Gasteiger partial charge in [0.25, 0.3) is 5.91 Å². The molecule has 0 bridgehead atoms. The predicted molar refractivity (Wildman–Crippen MR) is 110 cm³/mol. The molecule has 1 heterocycles. The molecule has 2 rings (SSSR count). The van der Waals surface area contributed by atoms with Crippen molar-refractivity contribution in [3.63, 3.8) is 0 Å². The smallest absolute Gasteiger partial charge is 0.289 e. The Morgan fingerprint density at radius 2 is 1.79 bits per heavy atom. The Morgan fingerprint density at radius 1 is 1.10 bits per heavy atom. The van der Waals surface area contributed by atoms with Crippen molar-refractivity contribution >= 4 is 23.5 Å². The fraction of sp³-hybridized carbons (Fsp3) is 0.714. The molecule has 162 valence electrons. The number of carbonyl (C=O) groups is 4. The van der Waals surface area contributed by atoms with Crippen LogP contribution in [0.5, 0.6) is 0 Å². The van der Waals surface area contributed by atoms with Crippen molar-refractivity contribution in [2.45, 2.75) is 70.0 Å². The molecule has 0 aromatic carbocycles. The van der Waals surface area contributed by atoms with Gasteiger partial charge in [-0.2, -0.15) is 0 Å². The molecule has 1 aliphatic carbocycles. The largest absolute Gasteiger partial charge is 0.346 e. The van der Waals surface area contributed by atoms with E-state index in [2.05, 4.69) is 22.5 Å². The number of hydrogen-bond acceptors (Lipinski definition) is 5. The number of nitrogens with zero attached hydrogens (tertiary/aromatic N) is 1. The van der Waals surface area contributed by atoms with Crippen LogP contribution in [0.4, 0.5) is 0 Å². The molecule has 2 aliphatic rings. The maximum atomic E-state index is 13.2. The highest BCUT2D eigenvalue weighted by atomic mass is 16.2. The van der Waals surface area contributed by atoms with Crippen molar-refractivity contribution < 1.29 is 19.2 Å². The number of nitrogens with one attached hydrogen (secondary N) is 3. The van der Waals surface area contributed by atoms with Crippen LogP contribution < -0.4 is 16.0 Å². The lowest BCUT2D eigenvalue weighted by Crippen LogP contribution is -2.56. The Morgan fingerprint density at radius 3 is 2.41 bits per heavy atom. The number of hydrogen-bond donors (Lipinski definition) is 3. The molecule has 29 heavy (non-hydrogen) atoms. The van der Waals surface area contributed by atoms with Gasteiger partial charge < -0.3 is 20.9 Å². The summed E-state index contributed by atoms with van der Waals surface area (Å²) in [6.45, 7) is 5.67. The Labute approximate surface area is 172 Å². The number of ketones is 1. The lowest BCUT2D eigenvalue weighted by atomic mass is 9.83. The SMILES string of the molecule is C=CCNC(=O)C(=O)C(C)NC(=O)C1CCCN1C(=O)C(NC)C1CCCCC1. The zero-order valence-electron chi connectivity index (χ0n) is 17.5. The van der Waals surface area contributed by atoms with E-state index in [-0.39, 0.29) is 24.4 Å². The summed E-state index contributed by atoms with van der Waals surface area (Å²) < 4.78 is 0. The van der Waals surface area contributed by atoms with Crippen molar-refractivity contribution in [2.75, 3.05) is 20.1 Å². The molecule has 3 N–H and O–H groups in total. The summed E-state index contributed by atoms with van der Waals surface area (Å²) in [5, 5.41) is 8.19. The summed E-state index contributed by atoms with van der Waals surface area (Å²) in [4.78, 5) is 51.5. The fourth-order valence-electron chi connectivity index (χ4n) is 4.33. The van der Waals surface area contributed by atoms with Gasteiger partial charge in [-0.05, 0) is 45.6 Å². The summed E-state index contributed by atoms with van der Waals surface area (Å²) in [6, 6.07) is -1.84. The number of carbonyl (C=O) groups excluding carboxylic acids is 4. The maximum Gasteiger partial charge on any atom is 0.289 e. The molecule has 0 aromatic heterocycles. The molecule has 1 saturated heterocycles. The number of likely N-dealkylation sites (tertiary alicyclic amines) is 1. The molecule has 8 heteroatoms. The summed E-state index contributed by atoms with van der Waals surface area (Å²) in [6.07, 6.45) is 8.29. The monoisotopic (exact) mass is 406 g/mol. The Balaban J connectivity index is 1.98. The van der Waals surface area contributed by atoms with E-state index >= 15 is 0 Å². The third-order valence-electron chi connectivity index (χ3n) is 5.92. The standard InChI is InChI=1S/C21H34N4O4/c1-4-12-23-20(28)18(26)14(2)24-19(27)16-11-8-13-25(16)21(29)17(22-3)15-9-6-5-7-10-15/h4,14-17,22H,1,5-13H2,2-3H3,(H,23,28)(H,24,27). The second-order valence-electron chi connectivity index (χ2n) is 7.95. The van der Waals surface area contributed by atoms with Crippen LogP contribution >= 0.6 is 0 Å². The van der Waals surface area contributed by atoms with Gasteiger partial charge in [-0.25, -0.2) is 0 Å². The van der Waals surface area contributed by atoms with E-state index in [9.17, 15) is 19.2 Å². The Hall–Kier alpha value is -2.22. The summed E-state index contributed by atoms with van der Waals surface area (Å²) in [5.41, 5.74) is 0. The zero-order valence-corrected chi connectivity index (χ0v) is 17.5. The Kier molecular flexibility index (Phi) is 8.82. The van der Waals surface area contributed by atoms with E-state index in [1.165, 1.54) is 19.4 Å². The minimum Gasteiger partial charge on any atom is -0.346 e. The van der Waals surface area contributed by atoms with Crippen LogP contribution in [0.2, 0.25) is 0 Å².